The summed E-state index contributed by atoms with van der Waals surface area (Å²) in [4.78, 5) is 38.9. The van der Waals surface area contributed by atoms with Gasteiger partial charge in [-0.05, 0) is 36.1 Å². The number of carbonyl (C=O) groups excluding carboxylic acids is 2. The lowest BCUT2D eigenvalue weighted by atomic mass is 9.83. The van der Waals surface area contributed by atoms with E-state index in [0.717, 1.165) is 24.8 Å². The molecule has 2 amide bonds. The van der Waals surface area contributed by atoms with E-state index in [-0.39, 0.29) is 23.1 Å². The van der Waals surface area contributed by atoms with E-state index >= 15 is 0 Å². The van der Waals surface area contributed by atoms with E-state index in [2.05, 4.69) is 0 Å². The van der Waals surface area contributed by atoms with Gasteiger partial charge in [0, 0.05) is 0 Å². The van der Waals surface area contributed by atoms with Gasteiger partial charge in [-0.2, -0.15) is 0 Å². The lowest BCUT2D eigenvalue weighted by Gasteiger charge is -2.32. The number of aromatic carboxylic acids is 1. The monoisotopic (exact) mass is 377 g/mol. The highest BCUT2D eigenvalue weighted by molar-refractivity contribution is 6.22. The quantitative estimate of drug-likeness (QED) is 0.767. The third kappa shape index (κ3) is 3.33. The Labute approximate surface area is 164 Å². The van der Waals surface area contributed by atoms with Crippen molar-refractivity contribution in [2.45, 2.75) is 44.6 Å². The molecule has 0 saturated heterocycles. The first-order chi connectivity index (χ1) is 13.6. The molecule has 0 radical (unpaired) electrons. The Bertz CT molecular complexity index is 915. The summed E-state index contributed by atoms with van der Waals surface area (Å²) in [6.07, 6.45) is 6.62. The van der Waals surface area contributed by atoms with Gasteiger partial charge in [0.05, 0.1) is 22.7 Å². The molecule has 28 heavy (non-hydrogen) atoms. The molecule has 4 rings (SSSR count). The highest BCUT2D eigenvalue weighted by Crippen LogP contribution is 2.39. The summed E-state index contributed by atoms with van der Waals surface area (Å²) in [7, 11) is 0. The number of fused-ring (bicyclic) bond motifs is 1. The molecule has 1 heterocycles. The zero-order chi connectivity index (χ0) is 19.7. The predicted molar refractivity (Wildman–Crippen MR) is 104 cm³/mol. The van der Waals surface area contributed by atoms with Crippen LogP contribution in [-0.4, -0.2) is 27.8 Å². The fourth-order valence-corrected chi connectivity index (χ4v) is 4.48. The van der Waals surface area contributed by atoms with E-state index in [0.29, 0.717) is 11.5 Å². The number of benzene rings is 2. The van der Waals surface area contributed by atoms with Gasteiger partial charge < -0.3 is 5.11 Å². The Kier molecular flexibility index (Phi) is 4.99. The molecule has 1 fully saturated rings. The first-order valence-corrected chi connectivity index (χ1v) is 9.86. The average molecular weight is 377 g/mol. The van der Waals surface area contributed by atoms with Gasteiger partial charge in [0.25, 0.3) is 11.8 Å². The molecular weight excluding hydrogens is 354 g/mol. The van der Waals surface area contributed by atoms with Crippen molar-refractivity contribution in [3.63, 3.8) is 0 Å². The van der Waals surface area contributed by atoms with Crippen LogP contribution < -0.4 is 0 Å². The second-order valence-corrected chi connectivity index (χ2v) is 7.71. The Balaban J connectivity index is 1.70. The van der Waals surface area contributed by atoms with Crippen LogP contribution >= 0.6 is 0 Å². The number of carboxylic acid groups (broad SMARTS) is 1. The van der Waals surface area contributed by atoms with Gasteiger partial charge in [0.15, 0.2) is 0 Å². The Morgan fingerprint density at radius 2 is 1.64 bits per heavy atom. The lowest BCUT2D eigenvalue weighted by Crippen LogP contribution is -2.35. The van der Waals surface area contributed by atoms with Crippen LogP contribution in [0.25, 0.3) is 0 Å². The first-order valence-electron chi connectivity index (χ1n) is 9.86. The Hall–Kier alpha value is -2.95. The molecule has 1 aliphatic heterocycles. The number of hydrogen-bond donors (Lipinski definition) is 1. The number of carboxylic acids is 1. The van der Waals surface area contributed by atoms with Crippen LogP contribution in [0.2, 0.25) is 0 Å². The van der Waals surface area contributed by atoms with Crippen molar-refractivity contribution < 1.29 is 19.5 Å². The zero-order valence-electron chi connectivity index (χ0n) is 15.6. The average Bonchev–Trinajstić information content (AvgIpc) is 2.97. The zero-order valence-corrected chi connectivity index (χ0v) is 15.6. The summed E-state index contributed by atoms with van der Waals surface area (Å²) < 4.78 is 0. The van der Waals surface area contributed by atoms with Crippen LogP contribution in [0.4, 0.5) is 0 Å². The highest BCUT2D eigenvalue weighted by atomic mass is 16.4. The summed E-state index contributed by atoms with van der Waals surface area (Å²) in [5, 5.41) is 9.23. The number of amides is 2. The van der Waals surface area contributed by atoms with Crippen LogP contribution in [-0.2, 0) is 0 Å². The van der Waals surface area contributed by atoms with Crippen LogP contribution in [0.5, 0.6) is 0 Å². The van der Waals surface area contributed by atoms with E-state index in [1.165, 1.54) is 42.4 Å². The molecule has 0 bridgehead atoms. The van der Waals surface area contributed by atoms with Crippen LogP contribution in [0.1, 0.15) is 81.2 Å². The van der Waals surface area contributed by atoms with E-state index in [1.54, 1.807) is 0 Å². The standard InChI is InChI=1S/C23H23NO4/c25-21-18-12-11-17(23(27)28)14-19(18)22(26)24(21)20(16-9-5-2-6-10-16)13-15-7-3-1-4-8-15/h2,5-6,9-12,14-15,20H,1,3-4,7-8,13H2,(H,27,28). The SMILES string of the molecule is O=C(O)c1ccc2c(c1)C(=O)N(C(CC1CCCCC1)c1ccccc1)C2=O. The van der Waals surface area contributed by atoms with Crippen molar-refractivity contribution in [1.29, 1.82) is 0 Å². The summed E-state index contributed by atoms with van der Waals surface area (Å²) in [6.45, 7) is 0. The number of rotatable bonds is 5. The first kappa shape index (κ1) is 18.4. The van der Waals surface area contributed by atoms with E-state index in [9.17, 15) is 19.5 Å². The van der Waals surface area contributed by atoms with Gasteiger partial charge in [0.1, 0.15) is 0 Å². The van der Waals surface area contributed by atoms with Gasteiger partial charge in [-0.15, -0.1) is 0 Å². The predicted octanol–water partition coefficient (Wildman–Crippen LogP) is 4.69. The van der Waals surface area contributed by atoms with Crippen molar-refractivity contribution in [2.75, 3.05) is 0 Å². The number of imide groups is 1. The minimum atomic E-state index is -1.11. The van der Waals surface area contributed by atoms with E-state index < -0.39 is 11.9 Å². The molecule has 2 aromatic carbocycles. The molecule has 2 aliphatic rings. The van der Waals surface area contributed by atoms with E-state index in [4.69, 9.17) is 0 Å². The molecular formula is C23H23NO4. The maximum absolute atomic E-state index is 13.2. The van der Waals surface area contributed by atoms with Crippen molar-refractivity contribution in [1.82, 2.24) is 4.90 Å². The van der Waals surface area contributed by atoms with Crippen LogP contribution in [0, 0.1) is 5.92 Å². The topological polar surface area (TPSA) is 74.7 Å². The minimum absolute atomic E-state index is 0.0188. The fourth-order valence-electron chi connectivity index (χ4n) is 4.48. The molecule has 1 saturated carbocycles. The molecule has 1 atom stereocenters. The maximum Gasteiger partial charge on any atom is 0.335 e. The second kappa shape index (κ2) is 7.58. The van der Waals surface area contributed by atoms with Gasteiger partial charge in [-0.1, -0.05) is 62.4 Å². The molecule has 1 unspecified atom stereocenters. The van der Waals surface area contributed by atoms with Gasteiger partial charge in [-0.25, -0.2) is 4.79 Å². The fraction of sp³-hybridized carbons (Fsp3) is 0.348. The van der Waals surface area contributed by atoms with Crippen LogP contribution in [0.3, 0.4) is 0 Å². The third-order valence-corrected chi connectivity index (χ3v) is 5.94. The highest BCUT2D eigenvalue weighted by Gasteiger charge is 2.41. The normalized spacial score (nSPS) is 18.2. The van der Waals surface area contributed by atoms with Gasteiger partial charge >= 0.3 is 5.97 Å². The van der Waals surface area contributed by atoms with Gasteiger partial charge in [0.2, 0.25) is 0 Å². The lowest BCUT2D eigenvalue weighted by molar-refractivity contribution is 0.0551. The summed E-state index contributed by atoms with van der Waals surface area (Å²) in [6, 6.07) is 13.5. The molecule has 0 spiro atoms. The van der Waals surface area contributed by atoms with Crippen molar-refractivity contribution in [3.05, 3.63) is 70.8 Å². The summed E-state index contributed by atoms with van der Waals surface area (Å²) in [5.41, 5.74) is 1.44. The summed E-state index contributed by atoms with van der Waals surface area (Å²) >= 11 is 0. The number of nitrogens with zero attached hydrogens (tertiary/aromatic N) is 1. The molecule has 1 aliphatic carbocycles. The Morgan fingerprint density at radius 3 is 2.32 bits per heavy atom. The van der Waals surface area contributed by atoms with Gasteiger partial charge in [-0.3, -0.25) is 14.5 Å². The van der Waals surface area contributed by atoms with E-state index in [1.807, 2.05) is 30.3 Å². The van der Waals surface area contributed by atoms with Crippen LogP contribution in [0.15, 0.2) is 48.5 Å². The molecule has 2 aromatic rings. The second-order valence-electron chi connectivity index (χ2n) is 7.71. The summed E-state index contributed by atoms with van der Waals surface area (Å²) in [5.74, 6) is -1.35. The molecule has 1 N–H and O–H groups in total. The molecule has 5 heteroatoms. The van der Waals surface area contributed by atoms with Crippen molar-refractivity contribution in [2.24, 2.45) is 5.92 Å². The third-order valence-electron chi connectivity index (χ3n) is 5.94. The number of carbonyl (C=O) groups is 3. The Morgan fingerprint density at radius 1 is 0.964 bits per heavy atom. The molecule has 0 aromatic heterocycles. The number of hydrogen-bond acceptors (Lipinski definition) is 3. The smallest absolute Gasteiger partial charge is 0.335 e. The van der Waals surface area contributed by atoms with Crippen molar-refractivity contribution in [3.8, 4) is 0 Å². The molecule has 5 nitrogen and oxygen atoms in total. The maximum atomic E-state index is 13.2. The largest absolute Gasteiger partial charge is 0.478 e. The molecule has 144 valence electrons. The van der Waals surface area contributed by atoms with Crippen molar-refractivity contribution >= 4 is 17.8 Å². The minimum Gasteiger partial charge on any atom is -0.478 e.